The highest BCUT2D eigenvalue weighted by Crippen LogP contribution is 2.39. The minimum Gasteiger partial charge on any atom is -0.493 e. The lowest BCUT2D eigenvalue weighted by atomic mass is 10.0. The van der Waals surface area contributed by atoms with Crippen LogP contribution in [-0.4, -0.2) is 40.4 Å². The average Bonchev–Trinajstić information content (AvgIpc) is 2.65. The molecule has 1 aromatic rings. The fourth-order valence-electron chi connectivity index (χ4n) is 2.61. The predicted octanol–water partition coefficient (Wildman–Crippen LogP) is 3.82. The highest BCUT2D eigenvalue weighted by atomic mass is 127. The van der Waals surface area contributed by atoms with Crippen LogP contribution in [-0.2, 0) is 6.54 Å². The van der Waals surface area contributed by atoms with E-state index in [9.17, 15) is 0 Å². The molecule has 150 valence electrons. The van der Waals surface area contributed by atoms with Gasteiger partial charge in [0.05, 0.1) is 27.9 Å². The van der Waals surface area contributed by atoms with E-state index in [2.05, 4.69) is 36.4 Å². The lowest BCUT2D eigenvalue weighted by Crippen LogP contribution is -2.39. The van der Waals surface area contributed by atoms with E-state index in [-0.39, 0.29) is 24.0 Å². The SMILES string of the molecule is CCNC(=NCc1ccc(OC)c(OC)c1OC)NCC(CC)CC.I. The number of nitrogens with one attached hydrogen (secondary N) is 2. The van der Waals surface area contributed by atoms with Crippen molar-refractivity contribution in [3.8, 4) is 17.2 Å². The monoisotopic (exact) mass is 479 g/mol. The molecule has 0 aliphatic carbocycles. The highest BCUT2D eigenvalue weighted by Gasteiger charge is 2.15. The van der Waals surface area contributed by atoms with E-state index in [4.69, 9.17) is 14.2 Å². The van der Waals surface area contributed by atoms with Crippen molar-refractivity contribution >= 4 is 29.9 Å². The second-order valence-electron chi connectivity index (χ2n) is 5.75. The van der Waals surface area contributed by atoms with Gasteiger partial charge in [-0.25, -0.2) is 4.99 Å². The van der Waals surface area contributed by atoms with Gasteiger partial charge in [-0.05, 0) is 25.0 Å². The van der Waals surface area contributed by atoms with Crippen molar-refractivity contribution in [3.05, 3.63) is 17.7 Å². The van der Waals surface area contributed by atoms with Gasteiger partial charge in [0, 0.05) is 18.7 Å². The zero-order chi connectivity index (χ0) is 18.7. The molecule has 6 nitrogen and oxygen atoms in total. The molecule has 0 amide bonds. The molecule has 7 heteroatoms. The summed E-state index contributed by atoms with van der Waals surface area (Å²) in [5, 5.41) is 6.71. The van der Waals surface area contributed by atoms with Crippen LogP contribution in [0.5, 0.6) is 17.2 Å². The maximum Gasteiger partial charge on any atom is 0.203 e. The first-order chi connectivity index (χ1) is 12.1. The van der Waals surface area contributed by atoms with Crippen LogP contribution in [0, 0.1) is 5.92 Å². The van der Waals surface area contributed by atoms with Crippen molar-refractivity contribution in [1.82, 2.24) is 10.6 Å². The Balaban J connectivity index is 0.00000625. The number of aliphatic imine (C=N–C) groups is 1. The Bertz CT molecular complexity index is 549. The van der Waals surface area contributed by atoms with Gasteiger partial charge in [0.2, 0.25) is 5.75 Å². The number of benzene rings is 1. The van der Waals surface area contributed by atoms with E-state index in [1.807, 2.05) is 12.1 Å². The maximum absolute atomic E-state index is 5.52. The normalized spacial score (nSPS) is 11.0. The molecule has 0 spiro atoms. The van der Waals surface area contributed by atoms with Crippen molar-refractivity contribution in [2.75, 3.05) is 34.4 Å². The number of hydrogen-bond acceptors (Lipinski definition) is 4. The third kappa shape index (κ3) is 7.09. The van der Waals surface area contributed by atoms with E-state index >= 15 is 0 Å². The lowest BCUT2D eigenvalue weighted by Gasteiger charge is -2.17. The number of halogens is 1. The summed E-state index contributed by atoms with van der Waals surface area (Å²) in [4.78, 5) is 4.68. The van der Waals surface area contributed by atoms with Crippen molar-refractivity contribution in [1.29, 1.82) is 0 Å². The van der Waals surface area contributed by atoms with Gasteiger partial charge in [0.15, 0.2) is 17.5 Å². The van der Waals surface area contributed by atoms with Crippen LogP contribution in [0.1, 0.15) is 39.2 Å². The molecule has 0 radical (unpaired) electrons. The molecular weight excluding hydrogens is 445 g/mol. The fourth-order valence-corrected chi connectivity index (χ4v) is 2.61. The third-order valence-corrected chi connectivity index (χ3v) is 4.25. The number of hydrogen-bond donors (Lipinski definition) is 2. The second kappa shape index (κ2) is 13.8. The number of methoxy groups -OCH3 is 3. The Morgan fingerprint density at radius 3 is 2.12 bits per heavy atom. The molecule has 1 rings (SSSR count). The minimum absolute atomic E-state index is 0. The summed E-state index contributed by atoms with van der Waals surface area (Å²) in [6.07, 6.45) is 2.32. The lowest BCUT2D eigenvalue weighted by molar-refractivity contribution is 0.322. The molecule has 2 N–H and O–H groups in total. The van der Waals surface area contributed by atoms with Crippen LogP contribution in [0.25, 0.3) is 0 Å². The fraction of sp³-hybridized carbons (Fsp3) is 0.632. The smallest absolute Gasteiger partial charge is 0.203 e. The summed E-state index contributed by atoms with van der Waals surface area (Å²) < 4.78 is 16.3. The third-order valence-electron chi connectivity index (χ3n) is 4.25. The molecular formula is C19H34IN3O3. The molecule has 0 unspecified atom stereocenters. The number of guanidine groups is 1. The Hall–Kier alpha value is -1.38. The molecule has 0 aliphatic heterocycles. The molecule has 0 heterocycles. The van der Waals surface area contributed by atoms with Gasteiger partial charge in [-0.15, -0.1) is 24.0 Å². The van der Waals surface area contributed by atoms with Crippen molar-refractivity contribution in [3.63, 3.8) is 0 Å². The number of ether oxygens (including phenoxy) is 3. The van der Waals surface area contributed by atoms with Crippen LogP contribution in [0.3, 0.4) is 0 Å². The standard InChI is InChI=1S/C19H33N3O3.HI/c1-7-14(8-2)12-21-19(20-9-3)22-13-15-10-11-16(23-4)18(25-6)17(15)24-5;/h10-11,14H,7-9,12-13H2,1-6H3,(H2,20,21,22);1H. The molecule has 0 fully saturated rings. The zero-order valence-corrected chi connectivity index (χ0v) is 19.2. The molecule has 0 atom stereocenters. The van der Waals surface area contributed by atoms with Gasteiger partial charge in [0.25, 0.3) is 0 Å². The molecule has 0 aliphatic rings. The first-order valence-electron chi connectivity index (χ1n) is 8.94. The molecule has 1 aromatic carbocycles. The minimum atomic E-state index is 0. The molecule has 0 saturated carbocycles. The van der Waals surface area contributed by atoms with E-state index in [1.165, 1.54) is 0 Å². The van der Waals surface area contributed by atoms with Gasteiger partial charge >= 0.3 is 0 Å². The largest absolute Gasteiger partial charge is 0.493 e. The first-order valence-corrected chi connectivity index (χ1v) is 8.94. The maximum atomic E-state index is 5.52. The Morgan fingerprint density at radius 2 is 1.62 bits per heavy atom. The van der Waals surface area contributed by atoms with E-state index in [0.717, 1.165) is 37.5 Å². The predicted molar refractivity (Wildman–Crippen MR) is 118 cm³/mol. The van der Waals surface area contributed by atoms with Gasteiger partial charge < -0.3 is 24.8 Å². The quantitative estimate of drug-likeness (QED) is 0.304. The first kappa shape index (κ1) is 24.6. The van der Waals surface area contributed by atoms with E-state index in [1.54, 1.807) is 21.3 Å². The van der Waals surface area contributed by atoms with Crippen molar-refractivity contribution in [2.24, 2.45) is 10.9 Å². The Morgan fingerprint density at radius 1 is 0.962 bits per heavy atom. The van der Waals surface area contributed by atoms with Crippen molar-refractivity contribution in [2.45, 2.75) is 40.2 Å². The number of rotatable bonds is 10. The summed E-state index contributed by atoms with van der Waals surface area (Å²) in [5.41, 5.74) is 0.944. The average molecular weight is 479 g/mol. The summed E-state index contributed by atoms with van der Waals surface area (Å²) in [6, 6.07) is 3.82. The highest BCUT2D eigenvalue weighted by molar-refractivity contribution is 14.0. The van der Waals surface area contributed by atoms with Crippen LogP contribution >= 0.6 is 24.0 Å². The van der Waals surface area contributed by atoms with Gasteiger partial charge in [-0.3, -0.25) is 0 Å². The van der Waals surface area contributed by atoms with E-state index < -0.39 is 0 Å². The summed E-state index contributed by atoms with van der Waals surface area (Å²) >= 11 is 0. The second-order valence-corrected chi connectivity index (χ2v) is 5.75. The molecule has 0 saturated heterocycles. The van der Waals surface area contributed by atoms with Crippen LogP contribution in [0.2, 0.25) is 0 Å². The Labute approximate surface area is 175 Å². The topological polar surface area (TPSA) is 64.1 Å². The summed E-state index contributed by atoms with van der Waals surface area (Å²) in [5.74, 6) is 3.35. The molecule has 26 heavy (non-hydrogen) atoms. The van der Waals surface area contributed by atoms with Gasteiger partial charge in [-0.2, -0.15) is 0 Å². The molecule has 0 bridgehead atoms. The molecule has 0 aromatic heterocycles. The zero-order valence-electron chi connectivity index (χ0n) is 16.8. The van der Waals surface area contributed by atoms with Crippen LogP contribution in [0.15, 0.2) is 17.1 Å². The van der Waals surface area contributed by atoms with E-state index in [0.29, 0.717) is 29.7 Å². The summed E-state index contributed by atoms with van der Waals surface area (Å²) in [7, 11) is 4.84. The summed E-state index contributed by atoms with van der Waals surface area (Å²) in [6.45, 7) is 8.72. The van der Waals surface area contributed by atoms with Gasteiger partial charge in [0.1, 0.15) is 0 Å². The van der Waals surface area contributed by atoms with Gasteiger partial charge in [-0.1, -0.05) is 26.7 Å². The Kier molecular flexibility index (Phi) is 13.0. The number of nitrogens with zero attached hydrogens (tertiary/aromatic N) is 1. The van der Waals surface area contributed by atoms with Crippen molar-refractivity contribution < 1.29 is 14.2 Å². The van der Waals surface area contributed by atoms with Crippen LogP contribution < -0.4 is 24.8 Å². The van der Waals surface area contributed by atoms with Crippen LogP contribution in [0.4, 0.5) is 0 Å².